The van der Waals surface area contributed by atoms with Crippen LogP contribution in [0.2, 0.25) is 0 Å². The molecule has 1 heterocycles. The fourth-order valence-corrected chi connectivity index (χ4v) is 1.94. The number of rotatable bonds is 4. The number of hydrogen-bond acceptors (Lipinski definition) is 2. The Morgan fingerprint density at radius 3 is 2.41 bits per heavy atom. The first kappa shape index (κ1) is 12.1. The second kappa shape index (κ2) is 5.82. The molecule has 0 aliphatic carbocycles. The van der Waals surface area contributed by atoms with Crippen LogP contribution < -0.4 is 5.32 Å². The van der Waals surface area contributed by atoms with Crippen molar-refractivity contribution in [3.63, 3.8) is 0 Å². The van der Waals surface area contributed by atoms with Crippen LogP contribution in [0.3, 0.4) is 0 Å². The van der Waals surface area contributed by atoms with E-state index in [-0.39, 0.29) is 0 Å². The highest BCUT2D eigenvalue weighted by Gasteiger charge is 1.96. The third kappa shape index (κ3) is 3.56. The first-order valence-corrected chi connectivity index (χ1v) is 6.51. The molecular formula is C14H15BrN2. The highest BCUT2D eigenvalue weighted by molar-refractivity contribution is 9.10. The normalized spacial score (nSPS) is 10.2. The van der Waals surface area contributed by atoms with Crippen LogP contribution in [0.5, 0.6) is 0 Å². The molecule has 1 aromatic heterocycles. The summed E-state index contributed by atoms with van der Waals surface area (Å²) < 4.78 is 0.851. The Morgan fingerprint density at radius 1 is 1.06 bits per heavy atom. The van der Waals surface area contributed by atoms with Crippen LogP contribution in [0.1, 0.15) is 18.1 Å². The lowest BCUT2D eigenvalue weighted by Gasteiger charge is -2.06. The third-order valence-corrected chi connectivity index (χ3v) is 3.06. The van der Waals surface area contributed by atoms with E-state index in [4.69, 9.17) is 0 Å². The van der Waals surface area contributed by atoms with Crippen LogP contribution in [-0.4, -0.2) is 4.98 Å². The van der Waals surface area contributed by atoms with Crippen molar-refractivity contribution in [3.8, 4) is 0 Å². The Balaban J connectivity index is 1.97. The summed E-state index contributed by atoms with van der Waals surface area (Å²) in [7, 11) is 0. The number of benzene rings is 1. The van der Waals surface area contributed by atoms with Crippen LogP contribution in [0, 0.1) is 0 Å². The van der Waals surface area contributed by atoms with E-state index < -0.39 is 0 Å². The minimum atomic E-state index is 0.799. The van der Waals surface area contributed by atoms with Crippen LogP contribution >= 0.6 is 15.9 Å². The molecule has 17 heavy (non-hydrogen) atoms. The molecule has 2 aromatic rings. The maximum atomic E-state index is 4.33. The number of nitrogens with one attached hydrogen (secondary N) is 1. The molecule has 2 nitrogen and oxygen atoms in total. The highest BCUT2D eigenvalue weighted by atomic mass is 79.9. The van der Waals surface area contributed by atoms with E-state index in [0.717, 1.165) is 23.4 Å². The van der Waals surface area contributed by atoms with Crippen molar-refractivity contribution in [1.29, 1.82) is 0 Å². The summed E-state index contributed by atoms with van der Waals surface area (Å²) in [5.41, 5.74) is 2.64. The predicted octanol–water partition coefficient (Wildman–Crippen LogP) is 4.02. The first-order valence-electron chi connectivity index (χ1n) is 5.72. The number of aromatic nitrogens is 1. The Labute approximate surface area is 110 Å². The molecule has 0 bridgehead atoms. The summed E-state index contributed by atoms with van der Waals surface area (Å²) in [5.74, 6) is 0.888. The Hall–Kier alpha value is -1.35. The average molecular weight is 291 g/mol. The molecule has 2 rings (SSSR count). The molecule has 0 fully saturated rings. The molecule has 0 radical (unpaired) electrons. The summed E-state index contributed by atoms with van der Waals surface area (Å²) in [6.45, 7) is 2.96. The molecule has 3 heteroatoms. The zero-order valence-corrected chi connectivity index (χ0v) is 11.4. The number of hydrogen-bond donors (Lipinski definition) is 1. The second-order valence-electron chi connectivity index (χ2n) is 3.87. The van der Waals surface area contributed by atoms with Gasteiger partial charge < -0.3 is 5.32 Å². The molecule has 0 aliphatic rings. The topological polar surface area (TPSA) is 24.9 Å². The maximum absolute atomic E-state index is 4.33. The van der Waals surface area contributed by atoms with Crippen molar-refractivity contribution in [3.05, 3.63) is 58.2 Å². The minimum absolute atomic E-state index is 0.799. The van der Waals surface area contributed by atoms with E-state index in [1.54, 1.807) is 0 Å². The zero-order valence-electron chi connectivity index (χ0n) is 9.78. The van der Waals surface area contributed by atoms with Gasteiger partial charge in [0.25, 0.3) is 0 Å². The summed E-state index contributed by atoms with van der Waals surface area (Å²) in [6.07, 6.45) is 1.08. The third-order valence-electron chi connectivity index (χ3n) is 2.62. The van der Waals surface area contributed by atoms with Crippen LogP contribution in [-0.2, 0) is 13.0 Å². The Bertz CT molecular complexity index is 480. The molecule has 0 saturated carbocycles. The number of nitrogens with zero attached hydrogens (tertiary/aromatic N) is 1. The van der Waals surface area contributed by atoms with Gasteiger partial charge in [-0.3, -0.25) is 0 Å². The van der Waals surface area contributed by atoms with Gasteiger partial charge in [-0.1, -0.05) is 37.3 Å². The SMILES string of the molecule is CCc1ccc(CNc2cccc(Br)n2)cc1. The lowest BCUT2D eigenvalue weighted by atomic mass is 10.1. The molecule has 0 aliphatic heterocycles. The largest absolute Gasteiger partial charge is 0.366 e. The molecule has 88 valence electrons. The van der Waals surface area contributed by atoms with E-state index in [9.17, 15) is 0 Å². The Kier molecular flexibility index (Phi) is 4.15. The van der Waals surface area contributed by atoms with Crippen LogP contribution in [0.15, 0.2) is 47.1 Å². The van der Waals surface area contributed by atoms with E-state index in [1.807, 2.05) is 18.2 Å². The predicted molar refractivity (Wildman–Crippen MR) is 75.1 cm³/mol. The fraction of sp³-hybridized carbons (Fsp3) is 0.214. The van der Waals surface area contributed by atoms with E-state index in [0.29, 0.717) is 0 Å². The van der Waals surface area contributed by atoms with E-state index >= 15 is 0 Å². The maximum Gasteiger partial charge on any atom is 0.127 e. The van der Waals surface area contributed by atoms with Gasteiger partial charge in [-0.2, -0.15) is 0 Å². The van der Waals surface area contributed by atoms with Crippen molar-refractivity contribution in [2.45, 2.75) is 19.9 Å². The second-order valence-corrected chi connectivity index (χ2v) is 4.68. The van der Waals surface area contributed by atoms with Gasteiger partial charge in [-0.25, -0.2) is 4.98 Å². The van der Waals surface area contributed by atoms with E-state index in [1.165, 1.54) is 11.1 Å². The highest BCUT2D eigenvalue weighted by Crippen LogP contribution is 2.12. The fourth-order valence-electron chi connectivity index (χ4n) is 1.59. The van der Waals surface area contributed by atoms with Gasteiger partial charge in [-0.15, -0.1) is 0 Å². The lowest BCUT2D eigenvalue weighted by molar-refractivity contribution is 1.08. The minimum Gasteiger partial charge on any atom is -0.366 e. The van der Waals surface area contributed by atoms with Crippen LogP contribution in [0.25, 0.3) is 0 Å². The quantitative estimate of drug-likeness (QED) is 0.861. The standard InChI is InChI=1S/C14H15BrN2/c1-2-11-6-8-12(9-7-11)10-16-14-5-3-4-13(15)17-14/h3-9H,2,10H2,1H3,(H,16,17). The molecule has 0 unspecified atom stereocenters. The Morgan fingerprint density at radius 2 is 1.76 bits per heavy atom. The number of aryl methyl sites for hydroxylation is 1. The van der Waals surface area contributed by atoms with Crippen molar-refractivity contribution >= 4 is 21.7 Å². The van der Waals surface area contributed by atoms with Crippen molar-refractivity contribution in [2.24, 2.45) is 0 Å². The molecule has 1 N–H and O–H groups in total. The molecule has 0 spiro atoms. The first-order chi connectivity index (χ1) is 8.28. The van der Waals surface area contributed by atoms with Gasteiger partial charge >= 0.3 is 0 Å². The van der Waals surface area contributed by atoms with Crippen molar-refractivity contribution in [2.75, 3.05) is 5.32 Å². The molecule has 0 atom stereocenters. The summed E-state index contributed by atoms with van der Waals surface area (Å²) >= 11 is 3.36. The van der Waals surface area contributed by atoms with Crippen molar-refractivity contribution < 1.29 is 0 Å². The zero-order chi connectivity index (χ0) is 12.1. The average Bonchev–Trinajstić information content (AvgIpc) is 2.37. The summed E-state index contributed by atoms with van der Waals surface area (Å²) in [5, 5.41) is 3.30. The van der Waals surface area contributed by atoms with Gasteiger partial charge in [0, 0.05) is 6.54 Å². The van der Waals surface area contributed by atoms with Crippen LogP contribution in [0.4, 0.5) is 5.82 Å². The van der Waals surface area contributed by atoms with Crippen molar-refractivity contribution in [1.82, 2.24) is 4.98 Å². The summed E-state index contributed by atoms with van der Waals surface area (Å²) in [6, 6.07) is 14.5. The van der Waals surface area contributed by atoms with Gasteiger partial charge in [0.15, 0.2) is 0 Å². The molecule has 0 saturated heterocycles. The number of anilines is 1. The number of halogens is 1. The number of pyridine rings is 1. The monoisotopic (exact) mass is 290 g/mol. The van der Waals surface area contributed by atoms with Gasteiger partial charge in [0.1, 0.15) is 10.4 Å². The lowest BCUT2D eigenvalue weighted by Crippen LogP contribution is -2.01. The van der Waals surface area contributed by atoms with E-state index in [2.05, 4.69) is 57.4 Å². The smallest absolute Gasteiger partial charge is 0.127 e. The van der Waals surface area contributed by atoms with Gasteiger partial charge in [0.2, 0.25) is 0 Å². The van der Waals surface area contributed by atoms with Gasteiger partial charge in [0.05, 0.1) is 0 Å². The van der Waals surface area contributed by atoms with Gasteiger partial charge in [-0.05, 0) is 45.6 Å². The molecule has 0 amide bonds. The molecular weight excluding hydrogens is 276 g/mol. The summed E-state index contributed by atoms with van der Waals surface area (Å²) in [4.78, 5) is 4.33. The molecule has 1 aromatic carbocycles.